The van der Waals surface area contributed by atoms with Gasteiger partial charge in [0.15, 0.2) is 0 Å². The molecule has 2 amide bonds. The molecular weight excluding hydrogens is 236 g/mol. The van der Waals surface area contributed by atoms with E-state index >= 15 is 0 Å². The van der Waals surface area contributed by atoms with Gasteiger partial charge in [-0.25, -0.2) is 4.79 Å². The molecule has 6 heteroatoms. The van der Waals surface area contributed by atoms with Crippen molar-refractivity contribution in [2.45, 2.75) is 44.2 Å². The molecule has 6 nitrogen and oxygen atoms in total. The minimum atomic E-state index is -0.804. The number of urea groups is 1. The average Bonchev–Trinajstić information content (AvgIpc) is 2.25. The highest BCUT2D eigenvalue weighted by Gasteiger charge is 2.33. The first kappa shape index (κ1) is 13.1. The van der Waals surface area contributed by atoms with Gasteiger partial charge >= 0.3 is 12.0 Å². The van der Waals surface area contributed by atoms with Crippen molar-refractivity contribution in [1.82, 2.24) is 10.2 Å². The summed E-state index contributed by atoms with van der Waals surface area (Å²) in [7, 11) is 0. The number of aliphatic carboxylic acids is 1. The maximum absolute atomic E-state index is 11.8. The Kier molecular flexibility index (Phi) is 4.06. The second-order valence-electron chi connectivity index (χ2n) is 5.32. The third-order valence-corrected chi connectivity index (χ3v) is 3.73. The van der Waals surface area contributed by atoms with E-state index in [2.05, 4.69) is 5.32 Å². The number of hydrogen-bond donors (Lipinski definition) is 3. The number of aliphatic hydroxyl groups excluding tert-OH is 1. The lowest BCUT2D eigenvalue weighted by Gasteiger charge is -2.39. The predicted molar refractivity (Wildman–Crippen MR) is 64.1 cm³/mol. The Morgan fingerprint density at radius 2 is 1.78 bits per heavy atom. The van der Waals surface area contributed by atoms with Crippen molar-refractivity contribution in [2.75, 3.05) is 13.1 Å². The number of hydrogen-bond acceptors (Lipinski definition) is 3. The first-order chi connectivity index (χ1) is 8.54. The number of nitrogens with zero attached hydrogens (tertiary/aromatic N) is 1. The van der Waals surface area contributed by atoms with E-state index in [4.69, 9.17) is 5.11 Å². The van der Waals surface area contributed by atoms with Gasteiger partial charge in [0.2, 0.25) is 0 Å². The molecule has 0 unspecified atom stereocenters. The van der Waals surface area contributed by atoms with E-state index in [1.807, 2.05) is 0 Å². The molecule has 1 aliphatic heterocycles. The van der Waals surface area contributed by atoms with Crippen LogP contribution in [-0.2, 0) is 4.79 Å². The zero-order chi connectivity index (χ0) is 13.1. The van der Waals surface area contributed by atoms with E-state index in [1.54, 1.807) is 4.90 Å². The van der Waals surface area contributed by atoms with Gasteiger partial charge < -0.3 is 20.4 Å². The topological polar surface area (TPSA) is 89.9 Å². The number of rotatable bonds is 3. The summed E-state index contributed by atoms with van der Waals surface area (Å²) in [5.41, 5.74) is 0. The fourth-order valence-corrected chi connectivity index (χ4v) is 2.60. The van der Waals surface area contributed by atoms with Gasteiger partial charge in [-0.3, -0.25) is 4.79 Å². The molecular formula is C12H20N2O4. The molecule has 0 aromatic heterocycles. The molecule has 1 aliphatic carbocycles. The normalized spacial score (nSPS) is 28.6. The van der Waals surface area contributed by atoms with E-state index in [0.29, 0.717) is 13.1 Å². The largest absolute Gasteiger partial charge is 0.481 e. The van der Waals surface area contributed by atoms with E-state index in [-0.39, 0.29) is 30.5 Å². The van der Waals surface area contributed by atoms with Crippen molar-refractivity contribution in [3.63, 3.8) is 0 Å². The number of aliphatic hydroxyl groups is 1. The van der Waals surface area contributed by atoms with Crippen LogP contribution in [-0.4, -0.2) is 52.3 Å². The van der Waals surface area contributed by atoms with Crippen LogP contribution in [0.4, 0.5) is 4.79 Å². The Morgan fingerprint density at radius 1 is 1.17 bits per heavy atom. The van der Waals surface area contributed by atoms with Crippen LogP contribution in [0.1, 0.15) is 32.1 Å². The molecule has 0 radical (unpaired) electrons. The lowest BCUT2D eigenvalue weighted by atomic mass is 9.93. The molecule has 102 valence electrons. The zero-order valence-corrected chi connectivity index (χ0v) is 10.3. The summed E-state index contributed by atoms with van der Waals surface area (Å²) in [6, 6.07) is 0.0532. The molecule has 1 saturated carbocycles. The molecule has 1 saturated heterocycles. The van der Waals surface area contributed by atoms with Crippen LogP contribution < -0.4 is 5.32 Å². The first-order valence-corrected chi connectivity index (χ1v) is 6.50. The van der Waals surface area contributed by atoms with Gasteiger partial charge in [0.25, 0.3) is 0 Å². The van der Waals surface area contributed by atoms with E-state index in [9.17, 15) is 14.7 Å². The van der Waals surface area contributed by atoms with E-state index in [0.717, 1.165) is 25.7 Å². The fraction of sp³-hybridized carbons (Fsp3) is 0.833. The lowest BCUT2D eigenvalue weighted by Crippen LogP contribution is -2.56. The highest BCUT2D eigenvalue weighted by atomic mass is 16.4. The number of carbonyl (C=O) groups is 2. The van der Waals surface area contributed by atoms with Crippen LogP contribution in [0.15, 0.2) is 0 Å². The van der Waals surface area contributed by atoms with Crippen LogP contribution in [0, 0.1) is 5.92 Å². The summed E-state index contributed by atoms with van der Waals surface area (Å²) in [4.78, 5) is 23.9. The maximum Gasteiger partial charge on any atom is 0.317 e. The van der Waals surface area contributed by atoms with Crippen molar-refractivity contribution in [3.05, 3.63) is 0 Å². The Bertz CT molecular complexity index is 320. The summed E-state index contributed by atoms with van der Waals surface area (Å²) < 4.78 is 0. The maximum atomic E-state index is 11.8. The number of nitrogens with one attached hydrogen (secondary N) is 1. The Morgan fingerprint density at radius 3 is 2.33 bits per heavy atom. The number of carbonyl (C=O) groups excluding carboxylic acids is 1. The minimum Gasteiger partial charge on any atom is -0.481 e. The van der Waals surface area contributed by atoms with Crippen LogP contribution >= 0.6 is 0 Å². The van der Waals surface area contributed by atoms with Crippen molar-refractivity contribution in [1.29, 1.82) is 0 Å². The monoisotopic (exact) mass is 256 g/mol. The molecule has 0 aromatic carbocycles. The lowest BCUT2D eigenvalue weighted by molar-refractivity contribution is -0.139. The van der Waals surface area contributed by atoms with Gasteiger partial charge in [-0.15, -0.1) is 0 Å². The third kappa shape index (κ3) is 3.35. The summed E-state index contributed by atoms with van der Waals surface area (Å²) in [5.74, 6) is -0.706. The number of amides is 2. The number of carboxylic acids is 1. The van der Waals surface area contributed by atoms with Crippen molar-refractivity contribution >= 4 is 12.0 Å². The highest BCUT2D eigenvalue weighted by molar-refractivity contribution is 5.76. The summed E-state index contributed by atoms with van der Waals surface area (Å²) >= 11 is 0. The minimum absolute atomic E-state index is 0.0985. The molecule has 0 bridgehead atoms. The summed E-state index contributed by atoms with van der Waals surface area (Å²) in [6.07, 6.45) is 3.04. The van der Waals surface area contributed by atoms with Crippen LogP contribution in [0.2, 0.25) is 0 Å². The van der Waals surface area contributed by atoms with E-state index < -0.39 is 5.97 Å². The standard InChI is InChI=1S/C12H20N2O4/c15-10-3-1-9(2-4-10)13-12(18)14-6-8(7-14)5-11(16)17/h8-10,15H,1-7H2,(H,13,18)(H,16,17). The highest BCUT2D eigenvalue weighted by Crippen LogP contribution is 2.21. The first-order valence-electron chi connectivity index (χ1n) is 6.50. The quantitative estimate of drug-likeness (QED) is 0.682. The SMILES string of the molecule is O=C(O)CC1CN(C(=O)NC2CCC(O)CC2)C1. The van der Waals surface area contributed by atoms with E-state index in [1.165, 1.54) is 0 Å². The molecule has 0 atom stereocenters. The van der Waals surface area contributed by atoms with Gasteiger partial charge in [0.1, 0.15) is 0 Å². The zero-order valence-electron chi connectivity index (χ0n) is 10.3. The molecule has 3 N–H and O–H groups in total. The fourth-order valence-electron chi connectivity index (χ4n) is 2.60. The Balaban J connectivity index is 1.66. The van der Waals surface area contributed by atoms with Crippen molar-refractivity contribution in [3.8, 4) is 0 Å². The van der Waals surface area contributed by atoms with Crippen LogP contribution in [0.5, 0.6) is 0 Å². The van der Waals surface area contributed by atoms with Gasteiger partial charge in [0.05, 0.1) is 12.5 Å². The molecule has 2 aliphatic rings. The Labute approximate surface area is 106 Å². The van der Waals surface area contributed by atoms with Gasteiger partial charge in [-0.05, 0) is 25.7 Å². The Hall–Kier alpha value is -1.30. The third-order valence-electron chi connectivity index (χ3n) is 3.73. The summed E-state index contributed by atoms with van der Waals surface area (Å²) in [5, 5.41) is 20.9. The van der Waals surface area contributed by atoms with Crippen LogP contribution in [0.3, 0.4) is 0 Å². The molecule has 2 fully saturated rings. The summed E-state index contributed by atoms with van der Waals surface area (Å²) in [6.45, 7) is 1.07. The molecule has 1 heterocycles. The molecule has 0 aromatic rings. The van der Waals surface area contributed by atoms with Crippen LogP contribution in [0.25, 0.3) is 0 Å². The molecule has 2 rings (SSSR count). The average molecular weight is 256 g/mol. The van der Waals surface area contributed by atoms with Crippen molar-refractivity contribution in [2.24, 2.45) is 5.92 Å². The number of likely N-dealkylation sites (tertiary alicyclic amines) is 1. The smallest absolute Gasteiger partial charge is 0.317 e. The van der Waals surface area contributed by atoms with Gasteiger partial charge in [-0.1, -0.05) is 0 Å². The molecule has 18 heavy (non-hydrogen) atoms. The predicted octanol–water partition coefficient (Wildman–Crippen LogP) is 0.406. The van der Waals surface area contributed by atoms with Gasteiger partial charge in [0, 0.05) is 25.0 Å². The second-order valence-corrected chi connectivity index (χ2v) is 5.32. The molecule has 0 spiro atoms. The van der Waals surface area contributed by atoms with Gasteiger partial charge in [-0.2, -0.15) is 0 Å². The van der Waals surface area contributed by atoms with Crippen molar-refractivity contribution < 1.29 is 19.8 Å². The number of carboxylic acid groups (broad SMARTS) is 1. The second kappa shape index (κ2) is 5.56.